The fourth-order valence-corrected chi connectivity index (χ4v) is 2.54. The topological polar surface area (TPSA) is 49.5 Å². The molecule has 0 aliphatic carbocycles. The largest absolute Gasteiger partial charge is 0.392 e. The lowest BCUT2D eigenvalue weighted by Crippen LogP contribution is -2.20. The Bertz CT molecular complexity index is 337. The molecule has 3 heteroatoms. The summed E-state index contributed by atoms with van der Waals surface area (Å²) in [5, 5.41) is 8.98. The molecule has 1 unspecified atom stereocenters. The molecule has 1 heterocycles. The highest BCUT2D eigenvalue weighted by molar-refractivity contribution is 5.21. The zero-order valence-electron chi connectivity index (χ0n) is 10.3. The Morgan fingerprint density at radius 1 is 1.24 bits per heavy atom. The Hall–Kier alpha value is -0.900. The van der Waals surface area contributed by atoms with E-state index in [0.29, 0.717) is 0 Å². The molecule has 1 aromatic carbocycles. The molecule has 0 radical (unpaired) electrons. The van der Waals surface area contributed by atoms with Gasteiger partial charge in [-0.1, -0.05) is 24.3 Å². The van der Waals surface area contributed by atoms with Gasteiger partial charge < -0.3 is 10.8 Å². The van der Waals surface area contributed by atoms with E-state index in [0.717, 1.165) is 31.0 Å². The zero-order chi connectivity index (χ0) is 12.1. The van der Waals surface area contributed by atoms with Gasteiger partial charge >= 0.3 is 0 Å². The first-order chi connectivity index (χ1) is 8.31. The molecule has 1 aromatic rings. The van der Waals surface area contributed by atoms with Gasteiger partial charge in [0.05, 0.1) is 6.61 Å². The molecule has 1 fully saturated rings. The van der Waals surface area contributed by atoms with E-state index in [4.69, 9.17) is 10.8 Å². The normalized spacial score (nSPS) is 20.9. The first-order valence-corrected chi connectivity index (χ1v) is 6.43. The van der Waals surface area contributed by atoms with Crippen molar-refractivity contribution in [2.24, 2.45) is 11.7 Å². The standard InChI is InChI=1S/C14H22N2O/c15-7-5-13-6-8-16(10-13)9-12-1-3-14(11-17)4-2-12/h1-4,13,17H,5-11,15H2. The van der Waals surface area contributed by atoms with Gasteiger partial charge in [-0.3, -0.25) is 4.90 Å². The molecule has 1 saturated heterocycles. The van der Waals surface area contributed by atoms with E-state index < -0.39 is 0 Å². The number of likely N-dealkylation sites (tertiary alicyclic amines) is 1. The van der Waals surface area contributed by atoms with E-state index in [2.05, 4.69) is 17.0 Å². The molecule has 1 aliphatic rings. The number of rotatable bonds is 5. The SMILES string of the molecule is NCCC1CCN(Cc2ccc(CO)cc2)C1. The average molecular weight is 234 g/mol. The Morgan fingerprint density at radius 2 is 1.94 bits per heavy atom. The highest BCUT2D eigenvalue weighted by Gasteiger charge is 2.21. The molecule has 17 heavy (non-hydrogen) atoms. The molecular weight excluding hydrogens is 212 g/mol. The van der Waals surface area contributed by atoms with Crippen molar-refractivity contribution in [2.45, 2.75) is 26.0 Å². The number of aliphatic hydroxyl groups is 1. The maximum atomic E-state index is 8.98. The summed E-state index contributed by atoms with van der Waals surface area (Å²) < 4.78 is 0. The minimum Gasteiger partial charge on any atom is -0.392 e. The number of benzene rings is 1. The highest BCUT2D eigenvalue weighted by Crippen LogP contribution is 2.20. The van der Waals surface area contributed by atoms with Crippen LogP contribution < -0.4 is 5.73 Å². The molecule has 1 atom stereocenters. The molecule has 0 aromatic heterocycles. The molecule has 94 valence electrons. The van der Waals surface area contributed by atoms with Gasteiger partial charge in [0.1, 0.15) is 0 Å². The fourth-order valence-electron chi connectivity index (χ4n) is 2.54. The third-order valence-electron chi connectivity index (χ3n) is 3.56. The number of nitrogens with zero attached hydrogens (tertiary/aromatic N) is 1. The molecule has 0 amide bonds. The molecule has 3 N–H and O–H groups in total. The smallest absolute Gasteiger partial charge is 0.0681 e. The van der Waals surface area contributed by atoms with E-state index in [-0.39, 0.29) is 6.61 Å². The molecule has 0 saturated carbocycles. The van der Waals surface area contributed by atoms with E-state index in [1.165, 1.54) is 25.1 Å². The first kappa shape index (κ1) is 12.6. The Morgan fingerprint density at radius 3 is 2.59 bits per heavy atom. The van der Waals surface area contributed by atoms with Gasteiger partial charge in [0.25, 0.3) is 0 Å². The zero-order valence-corrected chi connectivity index (χ0v) is 10.3. The predicted molar refractivity (Wildman–Crippen MR) is 69.4 cm³/mol. The van der Waals surface area contributed by atoms with Crippen LogP contribution in [0.3, 0.4) is 0 Å². The van der Waals surface area contributed by atoms with Gasteiger partial charge in [0, 0.05) is 13.1 Å². The maximum absolute atomic E-state index is 8.98. The molecule has 0 bridgehead atoms. The van der Waals surface area contributed by atoms with Gasteiger partial charge in [0.2, 0.25) is 0 Å². The summed E-state index contributed by atoms with van der Waals surface area (Å²) in [6.45, 7) is 4.32. The van der Waals surface area contributed by atoms with Crippen molar-refractivity contribution in [3.05, 3.63) is 35.4 Å². The third-order valence-corrected chi connectivity index (χ3v) is 3.56. The quantitative estimate of drug-likeness (QED) is 0.808. The minimum atomic E-state index is 0.128. The third kappa shape index (κ3) is 3.53. The fraction of sp³-hybridized carbons (Fsp3) is 0.571. The number of hydrogen-bond donors (Lipinski definition) is 2. The molecule has 3 nitrogen and oxygen atoms in total. The van der Waals surface area contributed by atoms with Crippen molar-refractivity contribution < 1.29 is 5.11 Å². The summed E-state index contributed by atoms with van der Waals surface area (Å²) in [4.78, 5) is 2.49. The highest BCUT2D eigenvalue weighted by atomic mass is 16.3. The summed E-state index contributed by atoms with van der Waals surface area (Å²) in [6, 6.07) is 8.23. The summed E-state index contributed by atoms with van der Waals surface area (Å²) >= 11 is 0. The lowest BCUT2D eigenvalue weighted by molar-refractivity contribution is 0.281. The summed E-state index contributed by atoms with van der Waals surface area (Å²) in [5.74, 6) is 0.789. The monoisotopic (exact) mass is 234 g/mol. The van der Waals surface area contributed by atoms with Gasteiger partial charge in [-0.05, 0) is 43.0 Å². The summed E-state index contributed by atoms with van der Waals surface area (Å²) in [6.07, 6.45) is 2.44. The van der Waals surface area contributed by atoms with Crippen LogP contribution in [0, 0.1) is 5.92 Å². The van der Waals surface area contributed by atoms with Crippen molar-refractivity contribution in [3.63, 3.8) is 0 Å². The van der Waals surface area contributed by atoms with Crippen LogP contribution >= 0.6 is 0 Å². The molecule has 2 rings (SSSR count). The van der Waals surface area contributed by atoms with Crippen molar-refractivity contribution in [3.8, 4) is 0 Å². The van der Waals surface area contributed by atoms with E-state index in [9.17, 15) is 0 Å². The predicted octanol–water partition coefficient (Wildman–Crippen LogP) is 1.35. The second kappa shape index (κ2) is 6.15. The van der Waals surface area contributed by atoms with Crippen molar-refractivity contribution in [2.75, 3.05) is 19.6 Å². The Kier molecular flexibility index (Phi) is 4.54. The van der Waals surface area contributed by atoms with Crippen LogP contribution in [0.25, 0.3) is 0 Å². The second-order valence-electron chi connectivity index (χ2n) is 4.94. The lowest BCUT2D eigenvalue weighted by Gasteiger charge is -2.16. The average Bonchev–Trinajstić information content (AvgIpc) is 2.78. The maximum Gasteiger partial charge on any atom is 0.0681 e. The first-order valence-electron chi connectivity index (χ1n) is 6.43. The van der Waals surface area contributed by atoms with Crippen molar-refractivity contribution in [1.29, 1.82) is 0 Å². The molecule has 1 aliphatic heterocycles. The van der Waals surface area contributed by atoms with Crippen LogP contribution in [-0.4, -0.2) is 29.6 Å². The molecular formula is C14H22N2O. The van der Waals surface area contributed by atoms with Crippen LogP contribution in [0.4, 0.5) is 0 Å². The van der Waals surface area contributed by atoms with Crippen LogP contribution in [0.5, 0.6) is 0 Å². The van der Waals surface area contributed by atoms with Crippen molar-refractivity contribution >= 4 is 0 Å². The van der Waals surface area contributed by atoms with Crippen molar-refractivity contribution in [1.82, 2.24) is 4.90 Å². The summed E-state index contributed by atoms with van der Waals surface area (Å²) in [5.41, 5.74) is 7.91. The van der Waals surface area contributed by atoms with E-state index in [1.54, 1.807) is 0 Å². The number of aliphatic hydroxyl groups excluding tert-OH is 1. The van der Waals surface area contributed by atoms with E-state index >= 15 is 0 Å². The van der Waals surface area contributed by atoms with Gasteiger partial charge in [-0.15, -0.1) is 0 Å². The van der Waals surface area contributed by atoms with Gasteiger partial charge in [0.15, 0.2) is 0 Å². The Balaban J connectivity index is 1.84. The number of nitrogens with two attached hydrogens (primary N) is 1. The van der Waals surface area contributed by atoms with Crippen LogP contribution in [-0.2, 0) is 13.2 Å². The molecule has 0 spiro atoms. The summed E-state index contributed by atoms with van der Waals surface area (Å²) in [7, 11) is 0. The Labute approximate surface area is 103 Å². The minimum absolute atomic E-state index is 0.128. The lowest BCUT2D eigenvalue weighted by atomic mass is 10.1. The van der Waals surface area contributed by atoms with Crippen LogP contribution in [0.1, 0.15) is 24.0 Å². The van der Waals surface area contributed by atoms with Crippen LogP contribution in [0.15, 0.2) is 24.3 Å². The van der Waals surface area contributed by atoms with Crippen LogP contribution in [0.2, 0.25) is 0 Å². The number of hydrogen-bond acceptors (Lipinski definition) is 3. The second-order valence-corrected chi connectivity index (χ2v) is 4.94. The van der Waals surface area contributed by atoms with Gasteiger partial charge in [-0.2, -0.15) is 0 Å². The van der Waals surface area contributed by atoms with E-state index in [1.807, 2.05) is 12.1 Å². The van der Waals surface area contributed by atoms with Gasteiger partial charge in [-0.25, -0.2) is 0 Å².